The van der Waals surface area contributed by atoms with Crippen LogP contribution >= 0.6 is 0 Å². The van der Waals surface area contributed by atoms with E-state index in [-0.39, 0.29) is 11.9 Å². The molecule has 1 unspecified atom stereocenters. The van der Waals surface area contributed by atoms with Gasteiger partial charge in [0, 0.05) is 5.56 Å². The van der Waals surface area contributed by atoms with E-state index in [1.807, 2.05) is 60.7 Å². The Hall–Kier alpha value is -2.83. The third-order valence-electron chi connectivity index (χ3n) is 4.59. The van der Waals surface area contributed by atoms with Gasteiger partial charge in [-0.1, -0.05) is 54.6 Å². The summed E-state index contributed by atoms with van der Waals surface area (Å²) in [6.07, 6.45) is -0.346. The van der Waals surface area contributed by atoms with Crippen LogP contribution in [0.1, 0.15) is 22.8 Å². The van der Waals surface area contributed by atoms with Crippen LogP contribution in [0.5, 0.6) is 11.5 Å². The van der Waals surface area contributed by atoms with E-state index in [1.165, 1.54) is 0 Å². The summed E-state index contributed by atoms with van der Waals surface area (Å²) >= 11 is 0. The van der Waals surface area contributed by atoms with Gasteiger partial charge in [0.2, 0.25) is 10.0 Å². The van der Waals surface area contributed by atoms with Crippen LogP contribution in [-0.2, 0) is 15.8 Å². The zero-order chi connectivity index (χ0) is 19.0. The molecular formula is C21H19NO4S. The van der Waals surface area contributed by atoms with Gasteiger partial charge in [-0.25, -0.2) is 13.6 Å². The van der Waals surface area contributed by atoms with Gasteiger partial charge in [0.05, 0.1) is 18.4 Å². The van der Waals surface area contributed by atoms with Crippen molar-refractivity contribution in [1.82, 2.24) is 0 Å². The maximum atomic E-state index is 11.5. The van der Waals surface area contributed by atoms with Crippen molar-refractivity contribution in [3.05, 3.63) is 83.4 Å². The van der Waals surface area contributed by atoms with Crippen LogP contribution in [0.2, 0.25) is 0 Å². The number of hydrogen-bond acceptors (Lipinski definition) is 4. The average molecular weight is 381 g/mol. The molecule has 1 aliphatic rings. The molecule has 0 aliphatic carbocycles. The molecule has 6 heteroatoms. The Balaban J connectivity index is 1.93. The summed E-state index contributed by atoms with van der Waals surface area (Å²) in [6.45, 7) is 0. The molecule has 1 aliphatic heterocycles. The molecule has 0 saturated heterocycles. The first-order valence-electron chi connectivity index (χ1n) is 8.48. The molecule has 1 atom stereocenters. The Morgan fingerprint density at radius 3 is 2.52 bits per heavy atom. The number of rotatable bonds is 4. The summed E-state index contributed by atoms with van der Waals surface area (Å²) in [7, 11) is -2.01. The van der Waals surface area contributed by atoms with Crippen LogP contribution in [0.3, 0.4) is 0 Å². The molecule has 138 valence electrons. The summed E-state index contributed by atoms with van der Waals surface area (Å²) in [5.41, 5.74) is 4.32. The Kier molecular flexibility index (Phi) is 4.37. The lowest BCUT2D eigenvalue weighted by Crippen LogP contribution is -2.18. The van der Waals surface area contributed by atoms with Crippen LogP contribution in [0.4, 0.5) is 0 Å². The molecule has 0 spiro atoms. The number of ether oxygens (including phenoxy) is 2. The Labute approximate surface area is 158 Å². The summed E-state index contributed by atoms with van der Waals surface area (Å²) in [6, 6.07) is 21.1. The maximum absolute atomic E-state index is 11.5. The van der Waals surface area contributed by atoms with Gasteiger partial charge in [0.25, 0.3) is 0 Å². The van der Waals surface area contributed by atoms with Gasteiger partial charge in [-0.3, -0.25) is 0 Å². The SMILES string of the molecule is COc1cccc2c1-c1ccc(CS(N)(=O)=O)cc1C(c1ccccc1)O2. The fourth-order valence-corrected chi connectivity index (χ4v) is 4.13. The molecule has 0 fully saturated rings. The van der Waals surface area contributed by atoms with Crippen molar-refractivity contribution in [3.8, 4) is 22.6 Å². The molecule has 3 aromatic rings. The molecule has 2 N–H and O–H groups in total. The van der Waals surface area contributed by atoms with Gasteiger partial charge in [-0.05, 0) is 28.8 Å². The summed E-state index contributed by atoms with van der Waals surface area (Å²) in [5.74, 6) is 1.22. The largest absolute Gasteiger partial charge is 0.496 e. The van der Waals surface area contributed by atoms with Crippen molar-refractivity contribution in [1.29, 1.82) is 0 Å². The van der Waals surface area contributed by atoms with Gasteiger partial charge >= 0.3 is 0 Å². The molecular weight excluding hydrogens is 362 g/mol. The lowest BCUT2D eigenvalue weighted by molar-refractivity contribution is 0.242. The zero-order valence-electron chi connectivity index (χ0n) is 14.8. The molecule has 5 nitrogen and oxygen atoms in total. The Morgan fingerprint density at radius 1 is 1.04 bits per heavy atom. The number of nitrogens with two attached hydrogens (primary N) is 1. The second kappa shape index (κ2) is 6.72. The minimum Gasteiger partial charge on any atom is -0.496 e. The Morgan fingerprint density at radius 2 is 1.81 bits per heavy atom. The van der Waals surface area contributed by atoms with Gasteiger partial charge in [-0.15, -0.1) is 0 Å². The first-order chi connectivity index (χ1) is 13.0. The normalized spacial score (nSPS) is 15.4. The van der Waals surface area contributed by atoms with E-state index < -0.39 is 10.0 Å². The van der Waals surface area contributed by atoms with Crippen molar-refractivity contribution < 1.29 is 17.9 Å². The van der Waals surface area contributed by atoms with Gasteiger partial charge in [-0.2, -0.15) is 0 Å². The quantitative estimate of drug-likeness (QED) is 0.748. The second-order valence-corrected chi connectivity index (χ2v) is 8.09. The topological polar surface area (TPSA) is 78.6 Å². The molecule has 0 radical (unpaired) electrons. The standard InChI is InChI=1S/C21H19NO4S/c1-25-18-8-5-9-19-20(18)16-11-10-14(13-27(22,23)24)12-17(16)21(26-19)15-6-3-2-4-7-15/h2-12,21H,13H2,1H3,(H2,22,23,24). The zero-order valence-corrected chi connectivity index (χ0v) is 15.6. The smallest absolute Gasteiger partial charge is 0.213 e. The van der Waals surface area contributed by atoms with E-state index in [9.17, 15) is 8.42 Å². The molecule has 3 aromatic carbocycles. The summed E-state index contributed by atoms with van der Waals surface area (Å²) in [5, 5.41) is 5.23. The average Bonchev–Trinajstić information content (AvgIpc) is 2.66. The van der Waals surface area contributed by atoms with E-state index in [0.717, 1.165) is 28.0 Å². The van der Waals surface area contributed by atoms with E-state index >= 15 is 0 Å². The fourth-order valence-electron chi connectivity index (χ4n) is 3.49. The van der Waals surface area contributed by atoms with Gasteiger partial charge in [0.1, 0.15) is 17.6 Å². The molecule has 0 aromatic heterocycles. The molecule has 0 bridgehead atoms. The number of hydrogen-bond donors (Lipinski definition) is 1. The second-order valence-electron chi connectivity index (χ2n) is 6.47. The highest BCUT2D eigenvalue weighted by molar-refractivity contribution is 7.88. The van der Waals surface area contributed by atoms with E-state index in [1.54, 1.807) is 13.2 Å². The minimum atomic E-state index is -3.62. The van der Waals surface area contributed by atoms with Crippen LogP contribution in [0.25, 0.3) is 11.1 Å². The number of primary sulfonamides is 1. The van der Waals surface area contributed by atoms with E-state index in [2.05, 4.69) is 0 Å². The van der Waals surface area contributed by atoms with Crippen molar-refractivity contribution in [2.45, 2.75) is 11.9 Å². The third kappa shape index (κ3) is 3.41. The molecule has 27 heavy (non-hydrogen) atoms. The van der Waals surface area contributed by atoms with Crippen LogP contribution in [-0.4, -0.2) is 15.5 Å². The maximum Gasteiger partial charge on any atom is 0.213 e. The lowest BCUT2D eigenvalue weighted by atomic mass is 9.88. The van der Waals surface area contributed by atoms with Crippen molar-refractivity contribution >= 4 is 10.0 Å². The predicted octanol–water partition coefficient (Wildman–Crippen LogP) is 3.63. The lowest BCUT2D eigenvalue weighted by Gasteiger charge is -2.30. The van der Waals surface area contributed by atoms with Crippen molar-refractivity contribution in [3.63, 3.8) is 0 Å². The van der Waals surface area contributed by atoms with Crippen molar-refractivity contribution in [2.24, 2.45) is 5.14 Å². The summed E-state index contributed by atoms with van der Waals surface area (Å²) < 4.78 is 34.9. The van der Waals surface area contributed by atoms with Gasteiger partial charge < -0.3 is 9.47 Å². The highest BCUT2D eigenvalue weighted by atomic mass is 32.2. The Bertz CT molecular complexity index is 1090. The molecule has 4 rings (SSSR count). The number of benzene rings is 3. The van der Waals surface area contributed by atoms with Crippen LogP contribution < -0.4 is 14.6 Å². The first-order valence-corrected chi connectivity index (χ1v) is 10.2. The molecule has 0 saturated carbocycles. The van der Waals surface area contributed by atoms with Crippen LogP contribution in [0, 0.1) is 0 Å². The van der Waals surface area contributed by atoms with Crippen LogP contribution in [0.15, 0.2) is 66.7 Å². The van der Waals surface area contributed by atoms with E-state index in [4.69, 9.17) is 14.6 Å². The third-order valence-corrected chi connectivity index (χ3v) is 5.33. The monoisotopic (exact) mass is 381 g/mol. The number of fused-ring (bicyclic) bond motifs is 3. The highest BCUT2D eigenvalue weighted by Crippen LogP contribution is 2.49. The van der Waals surface area contributed by atoms with Gasteiger partial charge in [0.15, 0.2) is 0 Å². The molecule has 0 amide bonds. The first kappa shape index (κ1) is 17.6. The fraction of sp³-hybridized carbons (Fsp3) is 0.143. The minimum absolute atomic E-state index is 0.222. The molecule has 1 heterocycles. The number of sulfonamides is 1. The van der Waals surface area contributed by atoms with Crippen molar-refractivity contribution in [2.75, 3.05) is 7.11 Å². The highest BCUT2D eigenvalue weighted by Gasteiger charge is 2.30. The summed E-state index contributed by atoms with van der Waals surface area (Å²) in [4.78, 5) is 0. The van der Waals surface area contributed by atoms with E-state index in [0.29, 0.717) is 11.3 Å². The number of methoxy groups -OCH3 is 1. The predicted molar refractivity (Wildman–Crippen MR) is 104 cm³/mol.